The molecule has 33 heavy (non-hydrogen) atoms. The number of amides is 2. The second kappa shape index (κ2) is 9.40. The molecule has 1 atom stereocenters. The van der Waals surface area contributed by atoms with Gasteiger partial charge in [-0.1, -0.05) is 6.07 Å². The average molecular weight is 446 g/mol. The number of carbonyl (C=O) groups is 2. The Bertz CT molecular complexity index is 1090. The van der Waals surface area contributed by atoms with Gasteiger partial charge in [0.25, 0.3) is 5.91 Å². The number of carbonyl (C=O) groups excluding carboxylic acids is 2. The van der Waals surface area contributed by atoms with Gasteiger partial charge in [0.05, 0.1) is 11.6 Å². The molecule has 2 fully saturated rings. The van der Waals surface area contributed by atoms with Crippen molar-refractivity contribution in [2.75, 3.05) is 44.2 Å². The maximum atomic E-state index is 13.2. The number of likely N-dealkylation sites (tertiary alicyclic amines) is 1. The molecule has 0 spiro atoms. The van der Waals surface area contributed by atoms with Crippen molar-refractivity contribution in [3.63, 3.8) is 0 Å². The Labute approximate surface area is 192 Å². The number of H-pyrrole nitrogens is 1. The van der Waals surface area contributed by atoms with Crippen LogP contribution in [0.1, 0.15) is 23.3 Å². The molecule has 0 saturated carbocycles. The minimum atomic E-state index is -0.160. The highest BCUT2D eigenvalue weighted by Crippen LogP contribution is 2.23. The van der Waals surface area contributed by atoms with E-state index >= 15 is 0 Å². The van der Waals surface area contributed by atoms with Crippen LogP contribution in [0.25, 0.3) is 11.3 Å². The molecule has 0 bridgehead atoms. The minimum absolute atomic E-state index is 0.111. The van der Waals surface area contributed by atoms with Gasteiger partial charge in [0.2, 0.25) is 5.91 Å². The molecule has 3 aromatic heterocycles. The lowest BCUT2D eigenvalue weighted by Gasteiger charge is -2.39. The van der Waals surface area contributed by atoms with Crippen LogP contribution in [0.3, 0.4) is 0 Å². The molecule has 2 saturated heterocycles. The van der Waals surface area contributed by atoms with E-state index in [1.807, 2.05) is 35.2 Å². The number of anilines is 1. The van der Waals surface area contributed by atoms with Crippen molar-refractivity contribution in [1.29, 1.82) is 0 Å². The summed E-state index contributed by atoms with van der Waals surface area (Å²) in [4.78, 5) is 40.7. The summed E-state index contributed by atoms with van der Waals surface area (Å²) < 4.78 is 0. The number of piperidine rings is 1. The first-order valence-electron chi connectivity index (χ1n) is 11.4. The van der Waals surface area contributed by atoms with Crippen LogP contribution >= 0.6 is 0 Å². The third kappa shape index (κ3) is 4.57. The van der Waals surface area contributed by atoms with E-state index in [1.165, 1.54) is 0 Å². The molecule has 2 amide bonds. The monoisotopic (exact) mass is 445 g/mol. The first-order valence-corrected chi connectivity index (χ1v) is 11.4. The van der Waals surface area contributed by atoms with E-state index in [9.17, 15) is 9.59 Å². The lowest BCUT2D eigenvalue weighted by Crippen LogP contribution is -2.53. The van der Waals surface area contributed by atoms with Gasteiger partial charge in [0, 0.05) is 63.4 Å². The highest BCUT2D eigenvalue weighted by Gasteiger charge is 2.33. The molecule has 9 heteroatoms. The van der Waals surface area contributed by atoms with Crippen molar-refractivity contribution in [3.05, 3.63) is 60.7 Å². The van der Waals surface area contributed by atoms with E-state index in [-0.39, 0.29) is 17.7 Å². The molecule has 170 valence electrons. The fraction of sp³-hybridized carbons (Fsp3) is 0.375. The topological polar surface area (TPSA) is 98.3 Å². The zero-order valence-electron chi connectivity index (χ0n) is 18.4. The molecule has 2 aliphatic rings. The standard InChI is InChI=1S/C24H27N7O2/c32-23(30-14-12-29(13-15-30)22-5-1-2-8-26-22)19-4-3-11-31(17-19)24(33)21-16-20(27-28-21)18-6-9-25-10-7-18/h1-2,5-10,16,19H,3-4,11-15,17H2,(H,27,28)/t19-/m1/s1. The van der Waals surface area contributed by atoms with E-state index in [4.69, 9.17) is 0 Å². The summed E-state index contributed by atoms with van der Waals surface area (Å²) in [6.07, 6.45) is 6.82. The number of nitrogens with one attached hydrogen (secondary N) is 1. The van der Waals surface area contributed by atoms with Gasteiger partial charge in [-0.15, -0.1) is 0 Å². The van der Waals surface area contributed by atoms with E-state index in [1.54, 1.807) is 29.6 Å². The second-order valence-electron chi connectivity index (χ2n) is 8.49. The van der Waals surface area contributed by atoms with Crippen LogP contribution in [0.2, 0.25) is 0 Å². The summed E-state index contributed by atoms with van der Waals surface area (Å²) in [5.41, 5.74) is 2.05. The van der Waals surface area contributed by atoms with Gasteiger partial charge in [-0.25, -0.2) is 4.98 Å². The normalized spacial score (nSPS) is 18.9. The molecule has 2 aliphatic heterocycles. The summed E-state index contributed by atoms with van der Waals surface area (Å²) in [5, 5.41) is 7.14. The quantitative estimate of drug-likeness (QED) is 0.660. The number of aromatic nitrogens is 4. The van der Waals surface area contributed by atoms with Crippen LogP contribution in [0.4, 0.5) is 5.82 Å². The van der Waals surface area contributed by atoms with E-state index in [2.05, 4.69) is 25.1 Å². The maximum absolute atomic E-state index is 13.2. The van der Waals surface area contributed by atoms with E-state index in [0.29, 0.717) is 37.6 Å². The predicted octanol–water partition coefficient (Wildman–Crippen LogP) is 2.07. The van der Waals surface area contributed by atoms with Crippen LogP contribution < -0.4 is 4.90 Å². The highest BCUT2D eigenvalue weighted by molar-refractivity contribution is 5.94. The Morgan fingerprint density at radius 1 is 0.939 bits per heavy atom. The van der Waals surface area contributed by atoms with Crippen LogP contribution in [-0.4, -0.2) is 81.0 Å². The van der Waals surface area contributed by atoms with Crippen molar-refractivity contribution in [3.8, 4) is 11.3 Å². The number of hydrogen-bond acceptors (Lipinski definition) is 6. The molecule has 0 unspecified atom stereocenters. The summed E-state index contributed by atoms with van der Waals surface area (Å²) in [6.45, 7) is 3.99. The first kappa shape index (κ1) is 21.1. The summed E-state index contributed by atoms with van der Waals surface area (Å²) in [6, 6.07) is 11.4. The van der Waals surface area contributed by atoms with Gasteiger partial charge >= 0.3 is 0 Å². The number of aromatic amines is 1. The number of rotatable bonds is 4. The van der Waals surface area contributed by atoms with Crippen molar-refractivity contribution >= 4 is 17.6 Å². The molecule has 0 radical (unpaired) electrons. The SMILES string of the molecule is O=C(c1cc(-c2ccncc2)n[nH]1)N1CCC[C@@H](C(=O)N2CCN(c3ccccn3)CC2)C1. The molecule has 0 aromatic carbocycles. The molecule has 5 heterocycles. The van der Waals surface area contributed by atoms with E-state index in [0.717, 1.165) is 37.3 Å². The predicted molar refractivity (Wildman–Crippen MR) is 123 cm³/mol. The fourth-order valence-electron chi connectivity index (χ4n) is 4.59. The highest BCUT2D eigenvalue weighted by atomic mass is 16.2. The molecule has 0 aliphatic carbocycles. The van der Waals surface area contributed by atoms with Crippen molar-refractivity contribution < 1.29 is 9.59 Å². The lowest BCUT2D eigenvalue weighted by atomic mass is 9.96. The Balaban J connectivity index is 1.19. The van der Waals surface area contributed by atoms with Crippen molar-refractivity contribution in [1.82, 2.24) is 30.0 Å². The molecule has 3 aromatic rings. The maximum Gasteiger partial charge on any atom is 0.271 e. The number of hydrogen-bond donors (Lipinski definition) is 1. The third-order valence-electron chi connectivity index (χ3n) is 6.41. The van der Waals surface area contributed by atoms with Crippen LogP contribution in [0.5, 0.6) is 0 Å². The zero-order valence-corrected chi connectivity index (χ0v) is 18.4. The number of piperazine rings is 1. The number of pyridine rings is 2. The minimum Gasteiger partial charge on any atom is -0.353 e. The van der Waals surface area contributed by atoms with Crippen molar-refractivity contribution in [2.24, 2.45) is 5.92 Å². The first-order chi connectivity index (χ1) is 16.2. The molecule has 5 rings (SSSR count). The van der Waals surface area contributed by atoms with Crippen LogP contribution in [0.15, 0.2) is 55.0 Å². The second-order valence-corrected chi connectivity index (χ2v) is 8.49. The Morgan fingerprint density at radius 3 is 2.52 bits per heavy atom. The van der Waals surface area contributed by atoms with E-state index < -0.39 is 0 Å². The summed E-state index contributed by atoms with van der Waals surface area (Å²) in [5.74, 6) is 0.826. The molecule has 1 N–H and O–H groups in total. The fourth-order valence-corrected chi connectivity index (χ4v) is 4.59. The smallest absolute Gasteiger partial charge is 0.271 e. The third-order valence-corrected chi connectivity index (χ3v) is 6.41. The largest absolute Gasteiger partial charge is 0.353 e. The Morgan fingerprint density at radius 2 is 1.76 bits per heavy atom. The average Bonchev–Trinajstić information content (AvgIpc) is 3.39. The van der Waals surface area contributed by atoms with Crippen molar-refractivity contribution in [2.45, 2.75) is 12.8 Å². The molecular weight excluding hydrogens is 418 g/mol. The van der Waals surface area contributed by atoms with Gasteiger partial charge in [-0.3, -0.25) is 19.7 Å². The van der Waals surface area contributed by atoms with Gasteiger partial charge < -0.3 is 14.7 Å². The molecular formula is C24H27N7O2. The number of nitrogens with zero attached hydrogens (tertiary/aromatic N) is 6. The summed E-state index contributed by atoms with van der Waals surface area (Å²) in [7, 11) is 0. The Hall–Kier alpha value is -3.75. The molecule has 9 nitrogen and oxygen atoms in total. The van der Waals surface area contributed by atoms with Crippen LogP contribution in [-0.2, 0) is 4.79 Å². The Kier molecular flexibility index (Phi) is 6.01. The van der Waals surface area contributed by atoms with Gasteiger partial charge in [0.1, 0.15) is 11.5 Å². The van der Waals surface area contributed by atoms with Crippen LogP contribution in [0, 0.1) is 5.92 Å². The lowest BCUT2D eigenvalue weighted by molar-refractivity contribution is -0.137. The zero-order chi connectivity index (χ0) is 22.6. The summed E-state index contributed by atoms with van der Waals surface area (Å²) >= 11 is 0. The van der Waals surface area contributed by atoms with Gasteiger partial charge in [-0.2, -0.15) is 5.10 Å². The van der Waals surface area contributed by atoms with Gasteiger partial charge in [-0.05, 0) is 43.2 Å². The van der Waals surface area contributed by atoms with Gasteiger partial charge in [0.15, 0.2) is 0 Å².